The van der Waals surface area contributed by atoms with E-state index in [1.807, 2.05) is 0 Å². The summed E-state index contributed by atoms with van der Waals surface area (Å²) in [5.74, 6) is -0.653. The molecule has 0 heterocycles. The van der Waals surface area contributed by atoms with E-state index < -0.39 is 6.09 Å². The second kappa shape index (κ2) is 7.26. The van der Waals surface area contributed by atoms with Crippen molar-refractivity contribution in [1.82, 2.24) is 10.9 Å². The van der Waals surface area contributed by atoms with E-state index in [-0.39, 0.29) is 24.8 Å². The molecular formula is C12H15FN2O3. The monoisotopic (exact) mass is 254 g/mol. The van der Waals surface area contributed by atoms with Crippen molar-refractivity contribution < 1.29 is 18.7 Å². The number of carbonyl (C=O) groups is 2. The van der Waals surface area contributed by atoms with Crippen LogP contribution in [0, 0.1) is 5.82 Å². The van der Waals surface area contributed by atoms with E-state index >= 15 is 0 Å². The summed E-state index contributed by atoms with van der Waals surface area (Å²) in [5.41, 5.74) is 5.17. The minimum atomic E-state index is -0.701. The molecule has 0 radical (unpaired) electrons. The Kier molecular flexibility index (Phi) is 5.63. The number of hydrazine groups is 1. The highest BCUT2D eigenvalue weighted by Crippen LogP contribution is 2.05. The lowest BCUT2D eigenvalue weighted by Gasteiger charge is -2.07. The highest BCUT2D eigenvalue weighted by Gasteiger charge is 2.05. The standard InChI is InChI=1S/C12H15FN2O3/c1-2-18-12(17)15-14-11(16)8-5-9-3-6-10(13)7-4-9/h3-4,6-7H,2,5,8H2,1H3,(H,14,16)(H,15,17). The number of aryl methyl sites for hydroxylation is 1. The topological polar surface area (TPSA) is 67.4 Å². The van der Waals surface area contributed by atoms with E-state index in [1.165, 1.54) is 12.1 Å². The number of hydrogen-bond donors (Lipinski definition) is 2. The first-order chi connectivity index (χ1) is 8.61. The summed E-state index contributed by atoms with van der Waals surface area (Å²) in [7, 11) is 0. The van der Waals surface area contributed by atoms with Crippen LogP contribution in [0.1, 0.15) is 18.9 Å². The van der Waals surface area contributed by atoms with Crippen molar-refractivity contribution in [1.29, 1.82) is 0 Å². The average molecular weight is 254 g/mol. The van der Waals surface area contributed by atoms with Gasteiger partial charge in [0.05, 0.1) is 6.61 Å². The van der Waals surface area contributed by atoms with Gasteiger partial charge in [-0.2, -0.15) is 0 Å². The summed E-state index contributed by atoms with van der Waals surface area (Å²) >= 11 is 0. The van der Waals surface area contributed by atoms with Crippen LogP contribution in [-0.2, 0) is 16.0 Å². The van der Waals surface area contributed by atoms with Crippen molar-refractivity contribution in [3.8, 4) is 0 Å². The largest absolute Gasteiger partial charge is 0.449 e. The summed E-state index contributed by atoms with van der Waals surface area (Å²) in [6, 6.07) is 5.90. The van der Waals surface area contributed by atoms with Gasteiger partial charge in [-0.3, -0.25) is 10.2 Å². The van der Waals surface area contributed by atoms with E-state index in [4.69, 9.17) is 0 Å². The van der Waals surface area contributed by atoms with E-state index in [2.05, 4.69) is 15.6 Å². The maximum absolute atomic E-state index is 12.6. The van der Waals surface area contributed by atoms with Gasteiger partial charge in [0, 0.05) is 6.42 Å². The minimum absolute atomic E-state index is 0.192. The molecule has 1 rings (SSSR count). The van der Waals surface area contributed by atoms with Crippen LogP contribution in [0.4, 0.5) is 9.18 Å². The molecule has 1 aromatic carbocycles. The highest BCUT2D eigenvalue weighted by atomic mass is 19.1. The number of nitrogens with one attached hydrogen (secondary N) is 2. The van der Waals surface area contributed by atoms with Crippen molar-refractivity contribution in [2.45, 2.75) is 19.8 Å². The maximum atomic E-state index is 12.6. The quantitative estimate of drug-likeness (QED) is 0.801. The molecule has 0 bridgehead atoms. The maximum Gasteiger partial charge on any atom is 0.426 e. The number of amides is 2. The Hall–Kier alpha value is -2.11. The van der Waals surface area contributed by atoms with Gasteiger partial charge in [-0.25, -0.2) is 14.6 Å². The first-order valence-electron chi connectivity index (χ1n) is 5.58. The molecule has 0 unspecified atom stereocenters. The number of ether oxygens (including phenoxy) is 1. The third-order valence-corrected chi connectivity index (χ3v) is 2.13. The Bertz CT molecular complexity index is 406. The van der Waals surface area contributed by atoms with Gasteiger partial charge in [-0.15, -0.1) is 0 Å². The van der Waals surface area contributed by atoms with E-state index in [9.17, 15) is 14.0 Å². The van der Waals surface area contributed by atoms with Crippen molar-refractivity contribution in [3.63, 3.8) is 0 Å². The van der Waals surface area contributed by atoms with Crippen molar-refractivity contribution in [2.24, 2.45) is 0 Å². The molecule has 6 heteroatoms. The zero-order chi connectivity index (χ0) is 13.4. The molecule has 1 aromatic rings. The number of carbonyl (C=O) groups excluding carboxylic acids is 2. The van der Waals surface area contributed by atoms with Gasteiger partial charge in [0.15, 0.2) is 0 Å². The summed E-state index contributed by atoms with van der Waals surface area (Å²) in [6.45, 7) is 1.90. The van der Waals surface area contributed by atoms with E-state index in [0.717, 1.165) is 5.56 Å². The molecule has 98 valence electrons. The van der Waals surface area contributed by atoms with Crippen LogP contribution in [-0.4, -0.2) is 18.6 Å². The summed E-state index contributed by atoms with van der Waals surface area (Å²) < 4.78 is 17.2. The van der Waals surface area contributed by atoms with Crippen LogP contribution < -0.4 is 10.9 Å². The molecule has 0 saturated heterocycles. The molecule has 0 saturated carbocycles. The fourth-order valence-corrected chi connectivity index (χ4v) is 1.26. The zero-order valence-corrected chi connectivity index (χ0v) is 10.0. The highest BCUT2D eigenvalue weighted by molar-refractivity contribution is 5.79. The predicted molar refractivity (Wildman–Crippen MR) is 63.0 cm³/mol. The summed E-state index contributed by atoms with van der Waals surface area (Å²) in [5, 5.41) is 0. The molecule has 0 aliphatic heterocycles. The normalized spacial score (nSPS) is 9.67. The molecule has 2 amide bonds. The number of hydrogen-bond acceptors (Lipinski definition) is 3. The third-order valence-electron chi connectivity index (χ3n) is 2.13. The molecule has 0 aliphatic rings. The Morgan fingerprint density at radius 3 is 2.50 bits per heavy atom. The lowest BCUT2D eigenvalue weighted by atomic mass is 10.1. The number of rotatable bonds is 4. The molecule has 0 fully saturated rings. The van der Waals surface area contributed by atoms with Crippen molar-refractivity contribution >= 4 is 12.0 Å². The number of benzene rings is 1. The first-order valence-corrected chi connectivity index (χ1v) is 5.58. The van der Waals surface area contributed by atoms with Crippen molar-refractivity contribution in [3.05, 3.63) is 35.6 Å². The Morgan fingerprint density at radius 2 is 1.89 bits per heavy atom. The van der Waals surface area contributed by atoms with E-state index in [0.29, 0.717) is 6.42 Å². The lowest BCUT2D eigenvalue weighted by Crippen LogP contribution is -2.42. The van der Waals surface area contributed by atoms with Gasteiger partial charge < -0.3 is 4.74 Å². The molecule has 0 aromatic heterocycles. The predicted octanol–water partition coefficient (Wildman–Crippen LogP) is 1.54. The van der Waals surface area contributed by atoms with Crippen LogP contribution in [0.3, 0.4) is 0 Å². The fraction of sp³-hybridized carbons (Fsp3) is 0.333. The molecular weight excluding hydrogens is 239 g/mol. The minimum Gasteiger partial charge on any atom is -0.449 e. The average Bonchev–Trinajstić information content (AvgIpc) is 2.36. The van der Waals surface area contributed by atoms with E-state index in [1.54, 1.807) is 19.1 Å². The van der Waals surface area contributed by atoms with Crippen LogP contribution >= 0.6 is 0 Å². The molecule has 0 spiro atoms. The van der Waals surface area contributed by atoms with Crippen LogP contribution in [0.15, 0.2) is 24.3 Å². The second-order valence-corrected chi connectivity index (χ2v) is 3.52. The molecule has 18 heavy (non-hydrogen) atoms. The summed E-state index contributed by atoms with van der Waals surface area (Å²) in [4.78, 5) is 22.2. The first kappa shape index (κ1) is 14.0. The Morgan fingerprint density at radius 1 is 1.22 bits per heavy atom. The Labute approximate surface area is 104 Å². The SMILES string of the molecule is CCOC(=O)NNC(=O)CCc1ccc(F)cc1. The molecule has 0 aliphatic carbocycles. The number of halogens is 1. The van der Waals surface area contributed by atoms with Crippen LogP contribution in [0.25, 0.3) is 0 Å². The second-order valence-electron chi connectivity index (χ2n) is 3.52. The van der Waals surface area contributed by atoms with Crippen LogP contribution in [0.5, 0.6) is 0 Å². The van der Waals surface area contributed by atoms with Gasteiger partial charge in [-0.05, 0) is 31.0 Å². The smallest absolute Gasteiger partial charge is 0.426 e. The summed E-state index contributed by atoms with van der Waals surface area (Å²) in [6.07, 6.45) is -0.0399. The fourth-order valence-electron chi connectivity index (χ4n) is 1.26. The molecule has 5 nitrogen and oxygen atoms in total. The van der Waals surface area contributed by atoms with Crippen LogP contribution in [0.2, 0.25) is 0 Å². The Balaban J connectivity index is 2.24. The third kappa shape index (κ3) is 5.29. The van der Waals surface area contributed by atoms with Gasteiger partial charge >= 0.3 is 6.09 Å². The molecule has 2 N–H and O–H groups in total. The lowest BCUT2D eigenvalue weighted by molar-refractivity contribution is -0.121. The van der Waals surface area contributed by atoms with Gasteiger partial charge in [-0.1, -0.05) is 12.1 Å². The van der Waals surface area contributed by atoms with Gasteiger partial charge in [0.25, 0.3) is 0 Å². The zero-order valence-electron chi connectivity index (χ0n) is 10.0. The van der Waals surface area contributed by atoms with Gasteiger partial charge in [0.2, 0.25) is 5.91 Å². The van der Waals surface area contributed by atoms with Crippen molar-refractivity contribution in [2.75, 3.05) is 6.61 Å². The van der Waals surface area contributed by atoms with Gasteiger partial charge in [0.1, 0.15) is 5.82 Å². The molecule has 0 atom stereocenters.